The molecule has 0 aliphatic rings. The maximum Gasteiger partial charge on any atom is 0.266 e. The number of sulfonamides is 1. The molecule has 1 atom stereocenters. The summed E-state index contributed by atoms with van der Waals surface area (Å²) in [6.07, 6.45) is 1.00. The van der Waals surface area contributed by atoms with Crippen molar-refractivity contribution in [3.63, 3.8) is 0 Å². The van der Waals surface area contributed by atoms with Crippen LogP contribution in [0, 0.1) is 0 Å². The molecule has 2 aromatic rings. The fraction of sp³-hybridized carbons (Fsp3) is 0.350. The first-order valence-corrected chi connectivity index (χ1v) is 10.4. The van der Waals surface area contributed by atoms with Gasteiger partial charge in [-0.2, -0.15) is 0 Å². The van der Waals surface area contributed by atoms with Crippen LogP contribution in [0.5, 0.6) is 5.75 Å². The number of hydrazine groups is 1. The minimum absolute atomic E-state index is 0.0307. The highest BCUT2D eigenvalue weighted by molar-refractivity contribution is 7.89. The Morgan fingerprint density at radius 2 is 1.59 bits per heavy atom. The molecule has 2 N–H and O–H groups in total. The summed E-state index contributed by atoms with van der Waals surface area (Å²) in [5.74, 6) is 0.450. The van der Waals surface area contributed by atoms with E-state index >= 15 is 0 Å². The minimum atomic E-state index is -3.84. The number of benzene rings is 2. The summed E-state index contributed by atoms with van der Waals surface area (Å²) in [6, 6.07) is 13.1. The summed E-state index contributed by atoms with van der Waals surface area (Å²) in [6.45, 7) is 7.98. The second-order valence-electron chi connectivity index (χ2n) is 6.63. The van der Waals surface area contributed by atoms with E-state index < -0.39 is 15.9 Å². The van der Waals surface area contributed by atoms with Crippen LogP contribution < -0.4 is 15.0 Å². The van der Waals surface area contributed by atoms with Gasteiger partial charge in [0.1, 0.15) is 5.75 Å². The minimum Gasteiger partial charge on any atom is -0.491 e. The highest BCUT2D eigenvalue weighted by Crippen LogP contribution is 2.20. The van der Waals surface area contributed by atoms with Crippen molar-refractivity contribution in [2.75, 3.05) is 0 Å². The van der Waals surface area contributed by atoms with E-state index in [9.17, 15) is 13.2 Å². The molecule has 0 fully saturated rings. The zero-order chi connectivity index (χ0) is 20.0. The van der Waals surface area contributed by atoms with Gasteiger partial charge in [-0.25, -0.2) is 8.42 Å². The zero-order valence-corrected chi connectivity index (χ0v) is 16.8. The average Bonchev–Trinajstić information content (AvgIpc) is 2.65. The average molecular weight is 391 g/mol. The number of hydrogen-bond donors (Lipinski definition) is 2. The van der Waals surface area contributed by atoms with E-state index in [4.69, 9.17) is 4.74 Å². The zero-order valence-electron chi connectivity index (χ0n) is 16.0. The highest BCUT2D eigenvalue weighted by Gasteiger charge is 2.16. The van der Waals surface area contributed by atoms with E-state index in [0.717, 1.165) is 12.0 Å². The molecule has 146 valence electrons. The molecule has 2 aromatic carbocycles. The van der Waals surface area contributed by atoms with Gasteiger partial charge in [-0.3, -0.25) is 10.2 Å². The maximum atomic E-state index is 12.3. The van der Waals surface area contributed by atoms with Crippen LogP contribution >= 0.6 is 0 Å². The van der Waals surface area contributed by atoms with E-state index in [1.807, 2.05) is 13.8 Å². The Kier molecular flexibility index (Phi) is 6.98. The van der Waals surface area contributed by atoms with Gasteiger partial charge in [0.15, 0.2) is 0 Å². The number of amides is 1. The summed E-state index contributed by atoms with van der Waals surface area (Å²) >= 11 is 0. The topological polar surface area (TPSA) is 84.5 Å². The summed E-state index contributed by atoms with van der Waals surface area (Å²) < 4.78 is 30.2. The van der Waals surface area contributed by atoms with Crippen molar-refractivity contribution in [1.29, 1.82) is 0 Å². The third-order valence-corrected chi connectivity index (χ3v) is 5.42. The van der Waals surface area contributed by atoms with Crippen molar-refractivity contribution in [2.24, 2.45) is 0 Å². The van der Waals surface area contributed by atoms with Crippen LogP contribution in [0.2, 0.25) is 0 Å². The standard InChI is InChI=1S/C20H26N2O4S/c1-5-15(4)16-8-12-19(13-9-16)27(24,25)22-21-20(23)17-6-10-18(11-7-17)26-14(2)3/h6-15,22H,5H2,1-4H3,(H,21,23)/t15-/m1/s1. The smallest absolute Gasteiger partial charge is 0.266 e. The molecule has 0 heterocycles. The molecule has 0 radical (unpaired) electrons. The third-order valence-electron chi connectivity index (χ3n) is 4.16. The van der Waals surface area contributed by atoms with E-state index in [1.165, 1.54) is 12.1 Å². The van der Waals surface area contributed by atoms with Crippen molar-refractivity contribution >= 4 is 15.9 Å². The van der Waals surface area contributed by atoms with Crippen molar-refractivity contribution < 1.29 is 17.9 Å². The lowest BCUT2D eigenvalue weighted by Crippen LogP contribution is -2.41. The summed E-state index contributed by atoms with van der Waals surface area (Å²) in [7, 11) is -3.84. The highest BCUT2D eigenvalue weighted by atomic mass is 32.2. The van der Waals surface area contributed by atoms with E-state index in [1.54, 1.807) is 36.4 Å². The molecule has 6 nitrogen and oxygen atoms in total. The molecule has 0 aromatic heterocycles. The molecule has 27 heavy (non-hydrogen) atoms. The van der Waals surface area contributed by atoms with E-state index in [0.29, 0.717) is 17.2 Å². The van der Waals surface area contributed by atoms with E-state index in [-0.39, 0.29) is 11.0 Å². The molecule has 0 unspecified atom stereocenters. The fourth-order valence-electron chi connectivity index (χ4n) is 2.41. The van der Waals surface area contributed by atoms with Gasteiger partial charge < -0.3 is 4.74 Å². The van der Waals surface area contributed by atoms with Crippen molar-refractivity contribution in [1.82, 2.24) is 10.3 Å². The lowest BCUT2D eigenvalue weighted by Gasteiger charge is -2.12. The lowest BCUT2D eigenvalue weighted by molar-refractivity contribution is 0.0945. The van der Waals surface area contributed by atoms with Gasteiger partial charge in [0.05, 0.1) is 11.0 Å². The predicted octanol–water partition coefficient (Wildman–Crippen LogP) is 3.61. The predicted molar refractivity (Wildman–Crippen MR) is 105 cm³/mol. The molecule has 0 saturated carbocycles. The van der Waals surface area contributed by atoms with E-state index in [2.05, 4.69) is 24.1 Å². The Hall–Kier alpha value is -2.38. The monoisotopic (exact) mass is 390 g/mol. The Balaban J connectivity index is 2.00. The third kappa shape index (κ3) is 5.80. The first kappa shape index (κ1) is 20.9. The van der Waals surface area contributed by atoms with Gasteiger partial charge in [-0.15, -0.1) is 4.83 Å². The molecular formula is C20H26N2O4S. The Morgan fingerprint density at radius 3 is 2.11 bits per heavy atom. The first-order chi connectivity index (χ1) is 12.7. The summed E-state index contributed by atoms with van der Waals surface area (Å²) in [5.41, 5.74) is 3.62. The number of carbonyl (C=O) groups excluding carboxylic acids is 1. The van der Waals surface area contributed by atoms with Crippen LogP contribution in [-0.2, 0) is 10.0 Å². The van der Waals surface area contributed by atoms with Crippen LogP contribution in [-0.4, -0.2) is 20.4 Å². The van der Waals surface area contributed by atoms with Crippen LogP contribution in [0.4, 0.5) is 0 Å². The molecule has 0 saturated heterocycles. The molecule has 7 heteroatoms. The molecule has 0 spiro atoms. The van der Waals surface area contributed by atoms with Gasteiger partial charge in [-0.05, 0) is 68.1 Å². The number of ether oxygens (including phenoxy) is 1. The number of hydrogen-bond acceptors (Lipinski definition) is 4. The number of rotatable bonds is 8. The van der Waals surface area contributed by atoms with Crippen LogP contribution in [0.1, 0.15) is 56.0 Å². The molecule has 1 amide bonds. The molecule has 2 rings (SSSR count). The van der Waals surface area contributed by atoms with Gasteiger partial charge in [-0.1, -0.05) is 26.0 Å². The van der Waals surface area contributed by atoms with Gasteiger partial charge in [0, 0.05) is 5.56 Å². The van der Waals surface area contributed by atoms with Crippen LogP contribution in [0.25, 0.3) is 0 Å². The van der Waals surface area contributed by atoms with Crippen molar-refractivity contribution in [2.45, 2.75) is 51.0 Å². The number of nitrogens with one attached hydrogen (secondary N) is 2. The summed E-state index contributed by atoms with van der Waals surface area (Å²) in [5, 5.41) is 0. The van der Waals surface area contributed by atoms with Crippen molar-refractivity contribution in [3.05, 3.63) is 59.7 Å². The molecule has 0 aliphatic carbocycles. The fourth-order valence-corrected chi connectivity index (χ4v) is 3.25. The maximum absolute atomic E-state index is 12.3. The first-order valence-electron chi connectivity index (χ1n) is 8.91. The Morgan fingerprint density at radius 1 is 1.00 bits per heavy atom. The SMILES string of the molecule is CC[C@@H](C)c1ccc(S(=O)(=O)NNC(=O)c2ccc(OC(C)C)cc2)cc1. The number of carbonyl (C=O) groups is 1. The second-order valence-corrected chi connectivity index (χ2v) is 8.31. The quantitative estimate of drug-likeness (QED) is 0.675. The van der Waals surface area contributed by atoms with Crippen molar-refractivity contribution in [3.8, 4) is 5.75 Å². The summed E-state index contributed by atoms with van der Waals surface area (Å²) in [4.78, 5) is 14.4. The molecule has 0 bridgehead atoms. The Bertz CT molecular complexity index is 860. The normalized spacial score (nSPS) is 12.6. The molecular weight excluding hydrogens is 364 g/mol. The van der Waals surface area contributed by atoms with Crippen LogP contribution in [0.15, 0.2) is 53.4 Å². The van der Waals surface area contributed by atoms with Gasteiger partial charge >= 0.3 is 0 Å². The van der Waals surface area contributed by atoms with Gasteiger partial charge in [0.25, 0.3) is 15.9 Å². The second kappa shape index (κ2) is 9.01. The van der Waals surface area contributed by atoms with Crippen LogP contribution in [0.3, 0.4) is 0 Å². The molecule has 0 aliphatic heterocycles. The van der Waals surface area contributed by atoms with Gasteiger partial charge in [0.2, 0.25) is 0 Å². The largest absolute Gasteiger partial charge is 0.491 e. The Labute approximate surface area is 161 Å². The lowest BCUT2D eigenvalue weighted by atomic mass is 9.99.